The molecule has 0 unspecified atom stereocenters. The Balaban J connectivity index is 3.65. The molecule has 0 saturated heterocycles. The summed E-state index contributed by atoms with van der Waals surface area (Å²) in [5.41, 5.74) is 0.288. The van der Waals surface area contributed by atoms with Gasteiger partial charge in [0.05, 0.1) is 0 Å². The molecular weight excluding hydrogens is 120 g/mol. The van der Waals surface area contributed by atoms with Gasteiger partial charge < -0.3 is 9.84 Å². The minimum Gasteiger partial charge on any atom is -0.433 e. The van der Waals surface area contributed by atoms with Gasteiger partial charge in [0.2, 0.25) is 0 Å². The van der Waals surface area contributed by atoms with Crippen LogP contribution in [-0.4, -0.2) is 17.4 Å². The van der Waals surface area contributed by atoms with Gasteiger partial charge in [-0.15, -0.1) is 0 Å². The van der Waals surface area contributed by atoms with Crippen molar-refractivity contribution in [3.05, 3.63) is 12.2 Å². The number of carbonyl (C=O) groups is 1. The van der Waals surface area contributed by atoms with Gasteiger partial charge in [0.1, 0.15) is 0 Å². The maximum atomic E-state index is 10.5. The van der Waals surface area contributed by atoms with Crippen LogP contribution in [0.4, 0.5) is 0 Å². The first kappa shape index (κ1) is 8.17. The van der Waals surface area contributed by atoms with Crippen LogP contribution in [0, 0.1) is 0 Å². The van der Waals surface area contributed by atoms with E-state index < -0.39 is 12.3 Å². The Morgan fingerprint density at radius 2 is 2.22 bits per heavy atom. The molecule has 0 aromatic rings. The molecule has 1 atom stereocenters. The molecule has 0 radical (unpaired) electrons. The summed E-state index contributed by atoms with van der Waals surface area (Å²) in [6.45, 7) is 6.20. The van der Waals surface area contributed by atoms with Gasteiger partial charge in [-0.2, -0.15) is 0 Å². The highest BCUT2D eigenvalue weighted by molar-refractivity contribution is 5.86. The van der Waals surface area contributed by atoms with Crippen molar-refractivity contribution in [1.29, 1.82) is 0 Å². The highest BCUT2D eigenvalue weighted by Crippen LogP contribution is 1.94. The fourth-order valence-corrected chi connectivity index (χ4v) is 0.255. The second kappa shape index (κ2) is 3.25. The van der Waals surface area contributed by atoms with Gasteiger partial charge in [0.15, 0.2) is 6.29 Å². The summed E-state index contributed by atoms with van der Waals surface area (Å²) in [4.78, 5) is 10.5. The molecule has 1 N–H and O–H groups in total. The molecule has 0 fully saturated rings. The third-order valence-electron chi connectivity index (χ3n) is 0.626. The topological polar surface area (TPSA) is 46.5 Å². The van der Waals surface area contributed by atoms with Crippen LogP contribution in [0.25, 0.3) is 0 Å². The molecule has 0 amide bonds. The Bertz CT molecular complexity index is 126. The summed E-state index contributed by atoms with van der Waals surface area (Å²) >= 11 is 0. The van der Waals surface area contributed by atoms with E-state index in [1.807, 2.05) is 0 Å². The molecule has 0 rings (SSSR count). The molecule has 3 heteroatoms. The lowest BCUT2D eigenvalue weighted by Crippen LogP contribution is -2.13. The monoisotopic (exact) mass is 130 g/mol. The fourth-order valence-electron chi connectivity index (χ4n) is 0.255. The molecule has 3 nitrogen and oxygen atoms in total. The van der Waals surface area contributed by atoms with Crippen molar-refractivity contribution >= 4 is 5.97 Å². The summed E-state index contributed by atoms with van der Waals surface area (Å²) in [5.74, 6) is -0.565. The second-order valence-corrected chi connectivity index (χ2v) is 1.78. The smallest absolute Gasteiger partial charge is 0.335 e. The van der Waals surface area contributed by atoms with Gasteiger partial charge in [-0.25, -0.2) is 4.79 Å². The third kappa shape index (κ3) is 3.73. The molecule has 0 aliphatic rings. The zero-order valence-electron chi connectivity index (χ0n) is 5.55. The van der Waals surface area contributed by atoms with Crippen LogP contribution >= 0.6 is 0 Å². The molecule has 0 aliphatic heterocycles. The number of hydrogen-bond donors (Lipinski definition) is 1. The zero-order chi connectivity index (χ0) is 7.44. The molecule has 0 aliphatic carbocycles. The molecule has 0 aromatic heterocycles. The van der Waals surface area contributed by atoms with E-state index in [0.717, 1.165) is 0 Å². The van der Waals surface area contributed by atoms with E-state index >= 15 is 0 Å². The van der Waals surface area contributed by atoms with Crippen molar-refractivity contribution in [3.8, 4) is 0 Å². The summed E-state index contributed by atoms with van der Waals surface area (Å²) in [6, 6.07) is 0. The summed E-state index contributed by atoms with van der Waals surface area (Å²) < 4.78 is 4.33. The predicted octanol–water partition coefficient (Wildman–Crippen LogP) is 0.444. The molecule has 0 heterocycles. The molecule has 0 spiro atoms. The second-order valence-electron chi connectivity index (χ2n) is 1.78. The first-order valence-electron chi connectivity index (χ1n) is 2.58. The van der Waals surface area contributed by atoms with Crippen molar-refractivity contribution in [3.63, 3.8) is 0 Å². The number of hydrogen-bond acceptors (Lipinski definition) is 3. The molecule has 0 aromatic carbocycles. The van der Waals surface area contributed by atoms with Crippen LogP contribution in [0.3, 0.4) is 0 Å². The van der Waals surface area contributed by atoms with Crippen molar-refractivity contribution in [2.24, 2.45) is 0 Å². The number of carbonyl (C=O) groups excluding carboxylic acids is 1. The van der Waals surface area contributed by atoms with Gasteiger partial charge in [0.25, 0.3) is 0 Å². The minimum atomic E-state index is -1.05. The Morgan fingerprint density at radius 1 is 1.78 bits per heavy atom. The average Bonchev–Trinajstić information content (AvgIpc) is 1.63. The molecule has 0 bridgehead atoms. The number of esters is 1. The lowest BCUT2D eigenvalue weighted by molar-refractivity contribution is -0.159. The zero-order valence-corrected chi connectivity index (χ0v) is 5.55. The lowest BCUT2D eigenvalue weighted by Gasteiger charge is -2.04. The normalized spacial score (nSPS) is 12.3. The van der Waals surface area contributed by atoms with E-state index in [1.54, 1.807) is 0 Å². The van der Waals surface area contributed by atoms with Gasteiger partial charge in [-0.1, -0.05) is 6.58 Å². The third-order valence-corrected chi connectivity index (χ3v) is 0.626. The van der Waals surface area contributed by atoms with Gasteiger partial charge >= 0.3 is 5.97 Å². The van der Waals surface area contributed by atoms with Crippen molar-refractivity contribution in [2.75, 3.05) is 0 Å². The summed E-state index contributed by atoms with van der Waals surface area (Å²) in [7, 11) is 0. The van der Waals surface area contributed by atoms with Crippen molar-refractivity contribution in [2.45, 2.75) is 20.1 Å². The quantitative estimate of drug-likeness (QED) is 0.335. The van der Waals surface area contributed by atoms with E-state index in [2.05, 4.69) is 11.3 Å². The Kier molecular flexibility index (Phi) is 2.95. The highest BCUT2D eigenvalue weighted by Gasteiger charge is 2.04. The fraction of sp³-hybridized carbons (Fsp3) is 0.500. The van der Waals surface area contributed by atoms with Gasteiger partial charge in [-0.3, -0.25) is 0 Å². The number of ether oxygens (including phenoxy) is 1. The molecular formula is C6H10O3. The highest BCUT2D eigenvalue weighted by atomic mass is 16.6. The Morgan fingerprint density at radius 3 is 2.33 bits per heavy atom. The van der Waals surface area contributed by atoms with E-state index in [4.69, 9.17) is 5.11 Å². The molecule has 52 valence electrons. The number of rotatable bonds is 2. The minimum absolute atomic E-state index is 0.288. The van der Waals surface area contributed by atoms with E-state index in [9.17, 15) is 4.79 Å². The van der Waals surface area contributed by atoms with Crippen molar-refractivity contribution in [1.82, 2.24) is 0 Å². The largest absolute Gasteiger partial charge is 0.433 e. The van der Waals surface area contributed by atoms with Crippen molar-refractivity contribution < 1.29 is 14.6 Å². The van der Waals surface area contributed by atoms with Gasteiger partial charge in [-0.05, 0) is 13.8 Å². The Hall–Kier alpha value is -0.830. The van der Waals surface area contributed by atoms with Crippen LogP contribution < -0.4 is 0 Å². The summed E-state index contributed by atoms with van der Waals surface area (Å²) in [5, 5.41) is 8.49. The van der Waals surface area contributed by atoms with Crippen LogP contribution in [-0.2, 0) is 9.53 Å². The average molecular weight is 130 g/mol. The first-order valence-corrected chi connectivity index (χ1v) is 2.58. The van der Waals surface area contributed by atoms with E-state index in [0.29, 0.717) is 0 Å². The number of aliphatic hydroxyl groups excluding tert-OH is 1. The maximum absolute atomic E-state index is 10.5. The van der Waals surface area contributed by atoms with E-state index in [-0.39, 0.29) is 5.57 Å². The lowest BCUT2D eigenvalue weighted by atomic mass is 10.4. The van der Waals surface area contributed by atoms with Gasteiger partial charge in [0, 0.05) is 5.57 Å². The van der Waals surface area contributed by atoms with Crippen LogP contribution in [0.15, 0.2) is 12.2 Å². The summed E-state index contributed by atoms with van der Waals surface area (Å²) in [6.07, 6.45) is -1.05. The first-order chi connectivity index (χ1) is 4.04. The predicted molar refractivity (Wildman–Crippen MR) is 32.6 cm³/mol. The number of aliphatic hydroxyl groups is 1. The van der Waals surface area contributed by atoms with Crippen LogP contribution in [0.2, 0.25) is 0 Å². The standard InChI is InChI=1S/C6H10O3/c1-4(2)6(8)9-5(3)7/h5,7H,1H2,2-3H3/t5-/m1/s1. The molecule has 0 saturated carbocycles. The van der Waals surface area contributed by atoms with E-state index in [1.165, 1.54) is 13.8 Å². The Labute approximate surface area is 53.9 Å². The SMILES string of the molecule is C=C(C)C(=O)O[C@H](C)O. The molecule has 9 heavy (non-hydrogen) atoms. The van der Waals surface area contributed by atoms with Crippen LogP contribution in [0.1, 0.15) is 13.8 Å². The van der Waals surface area contributed by atoms with Crippen LogP contribution in [0.5, 0.6) is 0 Å². The maximum Gasteiger partial charge on any atom is 0.335 e.